The molecule has 0 radical (unpaired) electrons. The highest BCUT2D eigenvalue weighted by Crippen LogP contribution is 2.19. The van der Waals surface area contributed by atoms with Crippen LogP contribution in [-0.2, 0) is 0 Å². The van der Waals surface area contributed by atoms with Gasteiger partial charge in [-0.2, -0.15) is 0 Å². The summed E-state index contributed by atoms with van der Waals surface area (Å²) in [6.45, 7) is 9.48. The maximum absolute atomic E-state index is 12.0. The molecule has 0 atom stereocenters. The number of pyridine rings is 1. The largest absolute Gasteiger partial charge is 0.352 e. The predicted octanol–water partition coefficient (Wildman–Crippen LogP) is 3.50. The summed E-state index contributed by atoms with van der Waals surface area (Å²) >= 11 is 3.31. The molecule has 3 nitrogen and oxygen atoms in total. The summed E-state index contributed by atoms with van der Waals surface area (Å²) in [5, 5.41) is 2.99. The van der Waals surface area contributed by atoms with Crippen LogP contribution in [0.5, 0.6) is 0 Å². The monoisotopic (exact) mass is 312 g/mol. The van der Waals surface area contributed by atoms with Gasteiger partial charge < -0.3 is 5.32 Å². The number of carbonyl (C=O) groups is 1. The van der Waals surface area contributed by atoms with Crippen molar-refractivity contribution in [2.24, 2.45) is 17.8 Å². The van der Waals surface area contributed by atoms with Gasteiger partial charge in [-0.25, -0.2) is 0 Å². The second kappa shape index (κ2) is 6.88. The van der Waals surface area contributed by atoms with Crippen LogP contribution in [0.25, 0.3) is 0 Å². The second-order valence-corrected chi connectivity index (χ2v) is 6.17. The van der Waals surface area contributed by atoms with Gasteiger partial charge >= 0.3 is 0 Å². The summed E-state index contributed by atoms with van der Waals surface area (Å²) in [7, 11) is 0. The quantitative estimate of drug-likeness (QED) is 0.904. The molecular formula is C14H21BrN2O. The molecule has 0 unspecified atom stereocenters. The molecule has 0 aliphatic carbocycles. The highest BCUT2D eigenvalue weighted by atomic mass is 79.9. The lowest BCUT2D eigenvalue weighted by Gasteiger charge is -2.25. The lowest BCUT2D eigenvalue weighted by molar-refractivity contribution is 0.0936. The van der Waals surface area contributed by atoms with E-state index in [-0.39, 0.29) is 5.91 Å². The van der Waals surface area contributed by atoms with Crippen LogP contribution in [0.3, 0.4) is 0 Å². The zero-order valence-electron chi connectivity index (χ0n) is 11.4. The van der Waals surface area contributed by atoms with Crippen molar-refractivity contribution < 1.29 is 4.79 Å². The van der Waals surface area contributed by atoms with E-state index < -0.39 is 0 Å². The van der Waals surface area contributed by atoms with Crippen LogP contribution < -0.4 is 5.32 Å². The minimum absolute atomic E-state index is 0.0601. The summed E-state index contributed by atoms with van der Waals surface area (Å²) in [4.78, 5) is 16.0. The van der Waals surface area contributed by atoms with Crippen molar-refractivity contribution in [1.29, 1.82) is 0 Å². The van der Waals surface area contributed by atoms with Crippen molar-refractivity contribution in [2.75, 3.05) is 6.54 Å². The van der Waals surface area contributed by atoms with E-state index in [2.05, 4.69) is 53.9 Å². The Morgan fingerprint density at radius 3 is 2.39 bits per heavy atom. The molecule has 100 valence electrons. The van der Waals surface area contributed by atoms with Gasteiger partial charge in [0, 0.05) is 23.4 Å². The van der Waals surface area contributed by atoms with Crippen molar-refractivity contribution in [3.05, 3.63) is 28.5 Å². The van der Waals surface area contributed by atoms with Crippen LogP contribution in [0.2, 0.25) is 0 Å². The molecule has 0 saturated carbocycles. The van der Waals surface area contributed by atoms with E-state index >= 15 is 0 Å². The molecule has 1 aromatic rings. The van der Waals surface area contributed by atoms with Crippen molar-refractivity contribution >= 4 is 21.8 Å². The fourth-order valence-corrected chi connectivity index (χ4v) is 2.45. The summed E-state index contributed by atoms with van der Waals surface area (Å²) in [6.07, 6.45) is 3.25. The fraction of sp³-hybridized carbons (Fsp3) is 0.571. The van der Waals surface area contributed by atoms with Gasteiger partial charge in [0.15, 0.2) is 0 Å². The zero-order chi connectivity index (χ0) is 13.7. The number of halogens is 1. The number of carbonyl (C=O) groups excluding carboxylic acids is 1. The molecule has 0 bridgehead atoms. The molecular weight excluding hydrogens is 292 g/mol. The predicted molar refractivity (Wildman–Crippen MR) is 77.4 cm³/mol. The molecule has 0 aliphatic heterocycles. The molecule has 0 saturated heterocycles. The topological polar surface area (TPSA) is 42.0 Å². The van der Waals surface area contributed by atoms with E-state index in [1.165, 1.54) is 0 Å². The number of hydrogen-bond donors (Lipinski definition) is 1. The first kappa shape index (κ1) is 15.2. The number of aromatic nitrogens is 1. The number of amides is 1. The SMILES string of the molecule is CC(C)C(CNC(=O)c1cncc(Br)c1)C(C)C. The van der Waals surface area contributed by atoms with Crippen molar-refractivity contribution in [3.63, 3.8) is 0 Å². The molecule has 1 aromatic heterocycles. The third kappa shape index (κ3) is 4.41. The second-order valence-electron chi connectivity index (χ2n) is 5.25. The average molecular weight is 313 g/mol. The molecule has 0 aromatic carbocycles. The Morgan fingerprint density at radius 2 is 1.89 bits per heavy atom. The van der Waals surface area contributed by atoms with Gasteiger partial charge in [-0.1, -0.05) is 27.7 Å². The van der Waals surface area contributed by atoms with Gasteiger partial charge in [-0.3, -0.25) is 9.78 Å². The number of rotatable bonds is 5. The van der Waals surface area contributed by atoms with E-state index in [0.29, 0.717) is 29.9 Å². The standard InChI is InChI=1S/C14H21BrN2O/c1-9(2)13(10(3)4)8-17-14(18)11-5-12(15)7-16-6-11/h5-7,9-10,13H,8H2,1-4H3,(H,17,18). The average Bonchev–Trinajstić information content (AvgIpc) is 2.28. The Labute approximate surface area is 118 Å². The minimum Gasteiger partial charge on any atom is -0.352 e. The van der Waals surface area contributed by atoms with Gasteiger partial charge in [-0.15, -0.1) is 0 Å². The molecule has 18 heavy (non-hydrogen) atoms. The van der Waals surface area contributed by atoms with Crippen LogP contribution in [-0.4, -0.2) is 17.4 Å². The van der Waals surface area contributed by atoms with Gasteiger partial charge in [0.1, 0.15) is 0 Å². The van der Waals surface area contributed by atoms with Crippen LogP contribution in [0.15, 0.2) is 22.9 Å². The zero-order valence-corrected chi connectivity index (χ0v) is 13.0. The molecule has 1 N–H and O–H groups in total. The van der Waals surface area contributed by atoms with Gasteiger partial charge in [0.05, 0.1) is 5.56 Å². The fourth-order valence-electron chi connectivity index (χ4n) is 2.09. The van der Waals surface area contributed by atoms with E-state index in [1.807, 2.05) is 0 Å². The first-order chi connectivity index (χ1) is 8.41. The Hall–Kier alpha value is -0.900. The summed E-state index contributed by atoms with van der Waals surface area (Å²) in [5.74, 6) is 1.56. The molecule has 4 heteroatoms. The summed E-state index contributed by atoms with van der Waals surface area (Å²) in [6, 6.07) is 1.78. The molecule has 1 heterocycles. The van der Waals surface area contributed by atoms with Gasteiger partial charge in [-0.05, 0) is 39.8 Å². The van der Waals surface area contributed by atoms with Crippen LogP contribution >= 0.6 is 15.9 Å². The lowest BCUT2D eigenvalue weighted by atomic mass is 9.85. The first-order valence-electron chi connectivity index (χ1n) is 6.30. The third-order valence-electron chi connectivity index (χ3n) is 3.18. The highest BCUT2D eigenvalue weighted by Gasteiger charge is 2.18. The summed E-state index contributed by atoms with van der Waals surface area (Å²) < 4.78 is 0.819. The number of hydrogen-bond acceptors (Lipinski definition) is 2. The number of nitrogens with one attached hydrogen (secondary N) is 1. The van der Waals surface area contributed by atoms with Crippen molar-refractivity contribution in [3.8, 4) is 0 Å². The van der Waals surface area contributed by atoms with E-state index in [9.17, 15) is 4.79 Å². The Balaban J connectivity index is 2.60. The Bertz CT molecular complexity index is 397. The molecule has 0 fully saturated rings. The molecule has 0 aliphatic rings. The first-order valence-corrected chi connectivity index (χ1v) is 7.10. The molecule has 0 spiro atoms. The van der Waals surface area contributed by atoms with Crippen molar-refractivity contribution in [2.45, 2.75) is 27.7 Å². The molecule has 1 rings (SSSR count). The summed E-state index contributed by atoms with van der Waals surface area (Å²) in [5.41, 5.74) is 0.593. The van der Waals surface area contributed by atoms with Crippen LogP contribution in [0, 0.1) is 17.8 Å². The maximum Gasteiger partial charge on any atom is 0.252 e. The lowest BCUT2D eigenvalue weighted by Crippen LogP contribution is -2.34. The van der Waals surface area contributed by atoms with Crippen LogP contribution in [0.1, 0.15) is 38.1 Å². The van der Waals surface area contributed by atoms with E-state index in [4.69, 9.17) is 0 Å². The normalized spacial score (nSPS) is 11.3. The highest BCUT2D eigenvalue weighted by molar-refractivity contribution is 9.10. The van der Waals surface area contributed by atoms with Gasteiger partial charge in [0.2, 0.25) is 0 Å². The van der Waals surface area contributed by atoms with Crippen LogP contribution in [0.4, 0.5) is 0 Å². The molecule has 1 amide bonds. The Kier molecular flexibility index (Phi) is 5.79. The van der Waals surface area contributed by atoms with Crippen molar-refractivity contribution in [1.82, 2.24) is 10.3 Å². The third-order valence-corrected chi connectivity index (χ3v) is 3.61. The maximum atomic E-state index is 12.0. The van der Waals surface area contributed by atoms with E-state index in [0.717, 1.165) is 4.47 Å². The number of nitrogens with zero attached hydrogens (tertiary/aromatic N) is 1. The van der Waals surface area contributed by atoms with Gasteiger partial charge in [0.25, 0.3) is 5.91 Å². The smallest absolute Gasteiger partial charge is 0.252 e. The van der Waals surface area contributed by atoms with E-state index in [1.54, 1.807) is 18.5 Å². The minimum atomic E-state index is -0.0601. The Morgan fingerprint density at radius 1 is 1.28 bits per heavy atom.